The van der Waals surface area contributed by atoms with Crippen LogP contribution in [0.15, 0.2) is 24.3 Å². The number of hydrogen-bond acceptors (Lipinski definition) is 3. The van der Waals surface area contributed by atoms with E-state index in [1.165, 1.54) is 31.5 Å². The minimum Gasteiger partial charge on any atom is -0.494 e. The second-order valence-electron chi connectivity index (χ2n) is 5.18. The van der Waals surface area contributed by atoms with Gasteiger partial charge < -0.3 is 15.0 Å². The SMILES string of the molecule is CN(C)c1cccc(OCCCC2CCCN2)c1. The first kappa shape index (κ1) is 13.2. The molecular formula is C15H24N2O. The number of ether oxygens (including phenoxy) is 1. The maximum Gasteiger partial charge on any atom is 0.121 e. The number of anilines is 1. The highest BCUT2D eigenvalue weighted by atomic mass is 16.5. The molecule has 1 fully saturated rings. The Balaban J connectivity index is 1.70. The van der Waals surface area contributed by atoms with Gasteiger partial charge in [0, 0.05) is 31.9 Å². The molecule has 100 valence electrons. The summed E-state index contributed by atoms with van der Waals surface area (Å²) in [4.78, 5) is 2.09. The van der Waals surface area contributed by atoms with Gasteiger partial charge in [0.2, 0.25) is 0 Å². The lowest BCUT2D eigenvalue weighted by molar-refractivity contribution is 0.299. The summed E-state index contributed by atoms with van der Waals surface area (Å²) < 4.78 is 5.80. The molecule has 0 spiro atoms. The average molecular weight is 248 g/mol. The molecule has 3 heteroatoms. The second-order valence-corrected chi connectivity index (χ2v) is 5.18. The Morgan fingerprint density at radius 3 is 3.00 bits per heavy atom. The fraction of sp³-hybridized carbons (Fsp3) is 0.600. The molecule has 1 aromatic rings. The van der Waals surface area contributed by atoms with Crippen molar-refractivity contribution in [2.24, 2.45) is 0 Å². The van der Waals surface area contributed by atoms with Crippen LogP contribution < -0.4 is 15.0 Å². The van der Waals surface area contributed by atoms with Gasteiger partial charge >= 0.3 is 0 Å². The summed E-state index contributed by atoms with van der Waals surface area (Å²) in [5.41, 5.74) is 1.19. The van der Waals surface area contributed by atoms with Gasteiger partial charge in [-0.1, -0.05) is 6.07 Å². The van der Waals surface area contributed by atoms with Gasteiger partial charge in [0.25, 0.3) is 0 Å². The van der Waals surface area contributed by atoms with E-state index >= 15 is 0 Å². The second kappa shape index (κ2) is 6.64. The zero-order valence-electron chi connectivity index (χ0n) is 11.5. The van der Waals surface area contributed by atoms with E-state index in [-0.39, 0.29) is 0 Å². The van der Waals surface area contributed by atoms with Crippen molar-refractivity contribution in [2.45, 2.75) is 31.7 Å². The van der Waals surface area contributed by atoms with Crippen LogP contribution >= 0.6 is 0 Å². The Morgan fingerprint density at radius 1 is 1.39 bits per heavy atom. The van der Waals surface area contributed by atoms with Crippen LogP contribution in [-0.2, 0) is 0 Å². The van der Waals surface area contributed by atoms with E-state index in [4.69, 9.17) is 4.74 Å². The Bertz CT molecular complexity index is 359. The molecule has 1 atom stereocenters. The van der Waals surface area contributed by atoms with Gasteiger partial charge in [-0.25, -0.2) is 0 Å². The van der Waals surface area contributed by atoms with Crippen molar-refractivity contribution in [2.75, 3.05) is 32.1 Å². The van der Waals surface area contributed by atoms with Gasteiger partial charge in [-0.15, -0.1) is 0 Å². The zero-order chi connectivity index (χ0) is 12.8. The molecule has 1 aliphatic heterocycles. The van der Waals surface area contributed by atoms with E-state index in [1.54, 1.807) is 0 Å². The van der Waals surface area contributed by atoms with Gasteiger partial charge in [0.1, 0.15) is 5.75 Å². The van der Waals surface area contributed by atoms with Crippen molar-refractivity contribution >= 4 is 5.69 Å². The van der Waals surface area contributed by atoms with E-state index in [2.05, 4.69) is 22.3 Å². The first-order valence-electron chi connectivity index (χ1n) is 6.89. The molecule has 0 aliphatic carbocycles. The molecule has 1 aliphatic rings. The summed E-state index contributed by atoms with van der Waals surface area (Å²) in [6.07, 6.45) is 5.02. The van der Waals surface area contributed by atoms with E-state index in [9.17, 15) is 0 Å². The number of nitrogens with one attached hydrogen (secondary N) is 1. The predicted molar refractivity (Wildman–Crippen MR) is 76.5 cm³/mol. The van der Waals surface area contributed by atoms with Gasteiger partial charge in [-0.2, -0.15) is 0 Å². The van der Waals surface area contributed by atoms with Crippen LogP contribution in [0.1, 0.15) is 25.7 Å². The van der Waals surface area contributed by atoms with Gasteiger partial charge in [0.05, 0.1) is 6.61 Å². The maximum absolute atomic E-state index is 5.80. The van der Waals surface area contributed by atoms with Gasteiger partial charge in [0.15, 0.2) is 0 Å². The molecule has 1 aromatic carbocycles. The van der Waals surface area contributed by atoms with Crippen molar-refractivity contribution < 1.29 is 4.74 Å². The van der Waals surface area contributed by atoms with Crippen LogP contribution in [0.2, 0.25) is 0 Å². The molecule has 0 bridgehead atoms. The summed E-state index contributed by atoms with van der Waals surface area (Å²) >= 11 is 0. The fourth-order valence-electron chi connectivity index (χ4n) is 2.37. The molecule has 0 aromatic heterocycles. The van der Waals surface area contributed by atoms with Crippen molar-refractivity contribution in [1.29, 1.82) is 0 Å². The predicted octanol–water partition coefficient (Wildman–Crippen LogP) is 2.66. The summed E-state index contributed by atoms with van der Waals surface area (Å²) in [7, 11) is 4.09. The van der Waals surface area contributed by atoms with Crippen molar-refractivity contribution in [3.8, 4) is 5.75 Å². The van der Waals surface area contributed by atoms with Crippen LogP contribution in [0.25, 0.3) is 0 Å². The van der Waals surface area contributed by atoms with Crippen molar-refractivity contribution in [3.63, 3.8) is 0 Å². The summed E-state index contributed by atoms with van der Waals surface area (Å²) in [6.45, 7) is 2.01. The third-order valence-electron chi connectivity index (χ3n) is 3.46. The molecule has 0 amide bonds. The number of nitrogens with zero attached hydrogens (tertiary/aromatic N) is 1. The Hall–Kier alpha value is -1.22. The molecule has 1 saturated heterocycles. The molecule has 0 saturated carbocycles. The minimum atomic E-state index is 0.724. The highest BCUT2D eigenvalue weighted by Gasteiger charge is 2.12. The highest BCUT2D eigenvalue weighted by molar-refractivity contribution is 5.49. The van der Waals surface area contributed by atoms with Crippen LogP contribution in [0.3, 0.4) is 0 Å². The lowest BCUT2D eigenvalue weighted by Gasteiger charge is -2.14. The zero-order valence-corrected chi connectivity index (χ0v) is 11.5. The smallest absolute Gasteiger partial charge is 0.121 e. The number of benzene rings is 1. The van der Waals surface area contributed by atoms with Gasteiger partial charge in [-0.3, -0.25) is 0 Å². The monoisotopic (exact) mass is 248 g/mol. The summed E-state index contributed by atoms with van der Waals surface area (Å²) in [5, 5.41) is 3.52. The first-order valence-corrected chi connectivity index (χ1v) is 6.89. The fourth-order valence-corrected chi connectivity index (χ4v) is 2.37. The standard InChI is InChI=1S/C15H24N2O/c1-17(2)14-8-3-9-15(12-14)18-11-5-7-13-6-4-10-16-13/h3,8-9,12-13,16H,4-7,10-11H2,1-2H3. The third kappa shape index (κ3) is 3.91. The average Bonchev–Trinajstić information content (AvgIpc) is 2.88. The molecule has 3 nitrogen and oxygen atoms in total. The Morgan fingerprint density at radius 2 is 2.28 bits per heavy atom. The maximum atomic E-state index is 5.80. The van der Waals surface area contributed by atoms with Crippen LogP contribution in [0.4, 0.5) is 5.69 Å². The van der Waals surface area contributed by atoms with Crippen molar-refractivity contribution in [1.82, 2.24) is 5.32 Å². The van der Waals surface area contributed by atoms with E-state index < -0.39 is 0 Å². The molecule has 0 radical (unpaired) electrons. The molecule has 1 heterocycles. The largest absolute Gasteiger partial charge is 0.494 e. The molecular weight excluding hydrogens is 224 g/mol. The van der Waals surface area contributed by atoms with Gasteiger partial charge in [-0.05, 0) is 44.4 Å². The normalized spacial score (nSPS) is 18.9. The Kier molecular flexibility index (Phi) is 4.88. The topological polar surface area (TPSA) is 24.5 Å². The van der Waals surface area contributed by atoms with E-state index in [0.717, 1.165) is 24.8 Å². The third-order valence-corrected chi connectivity index (χ3v) is 3.46. The molecule has 1 N–H and O–H groups in total. The summed E-state index contributed by atoms with van der Waals surface area (Å²) in [6, 6.07) is 8.98. The lowest BCUT2D eigenvalue weighted by atomic mass is 10.1. The van der Waals surface area contributed by atoms with Crippen molar-refractivity contribution in [3.05, 3.63) is 24.3 Å². The summed E-state index contributed by atoms with van der Waals surface area (Å²) in [5.74, 6) is 0.973. The minimum absolute atomic E-state index is 0.724. The molecule has 18 heavy (non-hydrogen) atoms. The molecule has 1 unspecified atom stereocenters. The quantitative estimate of drug-likeness (QED) is 0.783. The van der Waals surface area contributed by atoms with E-state index in [1.807, 2.05) is 26.2 Å². The van der Waals surface area contributed by atoms with Crippen LogP contribution in [0.5, 0.6) is 5.75 Å². The Labute approximate surface area is 110 Å². The van der Waals surface area contributed by atoms with Crippen LogP contribution in [0, 0.1) is 0 Å². The number of hydrogen-bond donors (Lipinski definition) is 1. The lowest BCUT2D eigenvalue weighted by Crippen LogP contribution is -2.21. The first-order chi connectivity index (χ1) is 8.75. The van der Waals surface area contributed by atoms with Crippen LogP contribution in [-0.4, -0.2) is 33.3 Å². The number of rotatable bonds is 6. The van der Waals surface area contributed by atoms with E-state index in [0.29, 0.717) is 0 Å². The highest BCUT2D eigenvalue weighted by Crippen LogP contribution is 2.19. The molecule has 2 rings (SSSR count).